The van der Waals surface area contributed by atoms with Crippen molar-refractivity contribution in [1.82, 2.24) is 0 Å². The minimum Gasteiger partial charge on any atom is -0.362 e. The van der Waals surface area contributed by atoms with Crippen LogP contribution in [0.15, 0.2) is 35.5 Å². The van der Waals surface area contributed by atoms with Crippen molar-refractivity contribution in [2.45, 2.75) is 44.7 Å². The second-order valence-electron chi connectivity index (χ2n) is 7.54. The Morgan fingerprint density at radius 2 is 1.86 bits per heavy atom. The van der Waals surface area contributed by atoms with Crippen LogP contribution in [-0.4, -0.2) is 36.0 Å². The lowest BCUT2D eigenvalue weighted by molar-refractivity contribution is -0.133. The van der Waals surface area contributed by atoms with Crippen LogP contribution >= 0.6 is 0 Å². The first-order chi connectivity index (χ1) is 10.5. The van der Waals surface area contributed by atoms with Crippen LogP contribution < -0.4 is 0 Å². The second kappa shape index (κ2) is 3.87. The summed E-state index contributed by atoms with van der Waals surface area (Å²) in [4.78, 5) is 24.5. The zero-order chi connectivity index (χ0) is 15.2. The molecule has 0 radical (unpaired) electrons. The molecule has 6 atom stereocenters. The molecule has 4 nitrogen and oxygen atoms in total. The van der Waals surface area contributed by atoms with Gasteiger partial charge in [0.2, 0.25) is 0 Å². The summed E-state index contributed by atoms with van der Waals surface area (Å²) < 4.78 is 12.0. The topological polar surface area (TPSA) is 52.6 Å². The minimum absolute atomic E-state index is 0.00276. The lowest BCUT2D eigenvalue weighted by atomic mass is 9.68. The summed E-state index contributed by atoms with van der Waals surface area (Å²) in [6.07, 6.45) is 7.00. The van der Waals surface area contributed by atoms with Crippen molar-refractivity contribution in [3.8, 4) is 0 Å². The molecule has 1 saturated heterocycles. The quantitative estimate of drug-likeness (QED) is 0.639. The summed E-state index contributed by atoms with van der Waals surface area (Å²) in [5.41, 5.74) is 2.16. The molecule has 0 aromatic rings. The van der Waals surface area contributed by atoms with Gasteiger partial charge in [-0.1, -0.05) is 31.6 Å². The van der Waals surface area contributed by atoms with Gasteiger partial charge in [-0.15, -0.1) is 0 Å². The number of ether oxygens (including phenoxy) is 2. The lowest BCUT2D eigenvalue weighted by Crippen LogP contribution is -2.48. The molecule has 0 saturated carbocycles. The summed E-state index contributed by atoms with van der Waals surface area (Å²) in [6, 6.07) is 0. The molecular formula is C18H18O4. The highest BCUT2D eigenvalue weighted by Gasteiger charge is 2.60. The molecule has 2 unspecified atom stereocenters. The maximum atomic E-state index is 12.2. The monoisotopic (exact) mass is 298 g/mol. The Labute approximate surface area is 128 Å². The van der Waals surface area contributed by atoms with Crippen LogP contribution in [0.2, 0.25) is 0 Å². The summed E-state index contributed by atoms with van der Waals surface area (Å²) >= 11 is 0. The Morgan fingerprint density at radius 1 is 1.09 bits per heavy atom. The van der Waals surface area contributed by atoms with E-state index in [9.17, 15) is 9.59 Å². The molecule has 5 rings (SSSR count). The van der Waals surface area contributed by atoms with E-state index in [1.54, 1.807) is 12.2 Å². The Hall–Kier alpha value is -1.52. The largest absolute Gasteiger partial charge is 0.362 e. The first kappa shape index (κ1) is 13.0. The summed E-state index contributed by atoms with van der Waals surface area (Å²) in [7, 11) is 0. The number of carbonyl (C=O) groups is 2. The SMILES string of the molecule is CC1(C)C2=C(CC3C2[C@@H]2O[C@H]3C=CC2=O)[C@@H]2O[C@H]1C=CC2=O. The van der Waals surface area contributed by atoms with Gasteiger partial charge in [-0.2, -0.15) is 0 Å². The predicted octanol–water partition coefficient (Wildman–Crippen LogP) is 1.76. The van der Waals surface area contributed by atoms with E-state index in [0.717, 1.165) is 12.0 Å². The number of carbonyl (C=O) groups excluding carboxylic acids is 2. The Bertz CT molecular complexity index is 696. The molecule has 4 bridgehead atoms. The molecule has 4 heterocycles. The van der Waals surface area contributed by atoms with Gasteiger partial charge in [0.05, 0.1) is 12.2 Å². The molecule has 0 amide bonds. The molecular weight excluding hydrogens is 280 g/mol. The summed E-state index contributed by atoms with van der Waals surface area (Å²) in [6.45, 7) is 4.32. The number of hydrogen-bond acceptors (Lipinski definition) is 4. The first-order valence-electron chi connectivity index (χ1n) is 7.97. The standard InChI is InChI=1S/C18H18O4/c1-18(2)13-6-4-10(19)16(22-13)9-7-8-12-5-3-11(20)17(21-12)14(8)15(9)18/h3-6,8,12-14,16-17H,7H2,1-2H3/t8?,12-,13-,14?,16-,17+/m0/s1. The van der Waals surface area contributed by atoms with Crippen LogP contribution in [0, 0.1) is 17.3 Å². The van der Waals surface area contributed by atoms with E-state index < -0.39 is 6.10 Å². The first-order valence-corrected chi connectivity index (χ1v) is 7.97. The zero-order valence-electron chi connectivity index (χ0n) is 12.6. The van der Waals surface area contributed by atoms with Crippen molar-refractivity contribution in [3.05, 3.63) is 35.5 Å². The highest BCUT2D eigenvalue weighted by atomic mass is 16.5. The number of rotatable bonds is 0. The van der Waals surface area contributed by atoms with Crippen LogP contribution in [0.3, 0.4) is 0 Å². The fraction of sp³-hybridized carbons (Fsp3) is 0.556. The summed E-state index contributed by atoms with van der Waals surface area (Å²) in [5, 5.41) is 0. The minimum atomic E-state index is -0.441. The van der Waals surface area contributed by atoms with Gasteiger partial charge in [-0.25, -0.2) is 0 Å². The molecule has 1 fully saturated rings. The highest BCUT2D eigenvalue weighted by Crippen LogP contribution is 2.59. The van der Waals surface area contributed by atoms with Gasteiger partial charge in [-0.3, -0.25) is 9.59 Å². The molecule has 22 heavy (non-hydrogen) atoms. The Kier molecular flexibility index (Phi) is 2.28. The van der Waals surface area contributed by atoms with Gasteiger partial charge in [0.25, 0.3) is 0 Å². The number of fused-ring (bicyclic) bond motifs is 9. The molecule has 0 N–H and O–H groups in total. The van der Waals surface area contributed by atoms with E-state index in [4.69, 9.17) is 9.47 Å². The van der Waals surface area contributed by atoms with Crippen LogP contribution in [-0.2, 0) is 19.1 Å². The molecule has 114 valence electrons. The van der Waals surface area contributed by atoms with Gasteiger partial charge >= 0.3 is 0 Å². The van der Waals surface area contributed by atoms with E-state index in [-0.39, 0.29) is 47.1 Å². The highest BCUT2D eigenvalue weighted by molar-refractivity contribution is 5.98. The van der Waals surface area contributed by atoms with Gasteiger partial charge < -0.3 is 9.47 Å². The van der Waals surface area contributed by atoms with E-state index in [1.165, 1.54) is 5.57 Å². The normalized spacial score (nSPS) is 47.0. The molecule has 4 aliphatic heterocycles. The van der Waals surface area contributed by atoms with E-state index >= 15 is 0 Å². The van der Waals surface area contributed by atoms with Crippen molar-refractivity contribution in [1.29, 1.82) is 0 Å². The van der Waals surface area contributed by atoms with Gasteiger partial charge in [0.15, 0.2) is 11.6 Å². The smallest absolute Gasteiger partial charge is 0.188 e. The molecule has 0 spiro atoms. The average molecular weight is 298 g/mol. The number of hydrogen-bond donors (Lipinski definition) is 0. The van der Waals surface area contributed by atoms with Crippen molar-refractivity contribution < 1.29 is 19.1 Å². The third kappa shape index (κ3) is 1.36. The van der Waals surface area contributed by atoms with E-state index in [1.807, 2.05) is 12.2 Å². The molecule has 4 heteroatoms. The maximum absolute atomic E-state index is 12.2. The van der Waals surface area contributed by atoms with Crippen molar-refractivity contribution in [2.24, 2.45) is 17.3 Å². The Morgan fingerprint density at radius 3 is 2.68 bits per heavy atom. The Balaban J connectivity index is 1.68. The number of ketones is 2. The zero-order valence-corrected chi connectivity index (χ0v) is 12.6. The third-order valence-electron chi connectivity index (χ3n) is 6.08. The molecule has 1 aliphatic carbocycles. The van der Waals surface area contributed by atoms with E-state index in [0.29, 0.717) is 0 Å². The van der Waals surface area contributed by atoms with Crippen molar-refractivity contribution in [3.63, 3.8) is 0 Å². The maximum Gasteiger partial charge on any atom is 0.188 e. The third-order valence-corrected chi connectivity index (χ3v) is 6.08. The van der Waals surface area contributed by atoms with Gasteiger partial charge in [0.1, 0.15) is 12.2 Å². The van der Waals surface area contributed by atoms with Gasteiger partial charge in [-0.05, 0) is 24.1 Å². The second-order valence-corrected chi connectivity index (χ2v) is 7.54. The van der Waals surface area contributed by atoms with Crippen LogP contribution in [0.25, 0.3) is 0 Å². The van der Waals surface area contributed by atoms with Crippen LogP contribution in [0.5, 0.6) is 0 Å². The van der Waals surface area contributed by atoms with Crippen LogP contribution in [0.1, 0.15) is 20.3 Å². The molecule has 5 aliphatic rings. The van der Waals surface area contributed by atoms with Gasteiger partial charge in [0, 0.05) is 17.3 Å². The average Bonchev–Trinajstić information content (AvgIpc) is 2.99. The van der Waals surface area contributed by atoms with Crippen molar-refractivity contribution in [2.75, 3.05) is 0 Å². The fourth-order valence-corrected chi connectivity index (χ4v) is 5.12. The van der Waals surface area contributed by atoms with Crippen LogP contribution in [0.4, 0.5) is 0 Å². The molecule has 0 aromatic carbocycles. The lowest BCUT2D eigenvalue weighted by Gasteiger charge is -2.45. The summed E-state index contributed by atoms with van der Waals surface area (Å²) in [5.74, 6) is 0.470. The predicted molar refractivity (Wildman–Crippen MR) is 78.0 cm³/mol. The fourth-order valence-electron chi connectivity index (χ4n) is 5.12. The van der Waals surface area contributed by atoms with Crippen molar-refractivity contribution >= 4 is 11.6 Å². The van der Waals surface area contributed by atoms with E-state index in [2.05, 4.69) is 13.8 Å². The molecule has 0 aromatic heterocycles.